The summed E-state index contributed by atoms with van der Waals surface area (Å²) in [6, 6.07) is 0.631. The summed E-state index contributed by atoms with van der Waals surface area (Å²) in [6.07, 6.45) is 7.62. The molecule has 1 unspecified atom stereocenters. The van der Waals surface area contributed by atoms with Gasteiger partial charge in [-0.1, -0.05) is 6.92 Å². The smallest absolute Gasteiger partial charge is 0.108 e. The summed E-state index contributed by atoms with van der Waals surface area (Å²) in [7, 11) is 0. The van der Waals surface area contributed by atoms with E-state index in [2.05, 4.69) is 28.0 Å². The number of hydrogen-bond acceptors (Lipinski definition) is 2. The average molecular weight is 252 g/mol. The van der Waals surface area contributed by atoms with E-state index >= 15 is 0 Å². The maximum absolute atomic E-state index is 4.35. The van der Waals surface area contributed by atoms with Crippen molar-refractivity contribution in [3.8, 4) is 0 Å². The quantitative estimate of drug-likeness (QED) is 0.874. The van der Waals surface area contributed by atoms with Crippen molar-refractivity contribution >= 4 is 24.8 Å². The minimum absolute atomic E-state index is 0. The summed E-state index contributed by atoms with van der Waals surface area (Å²) in [6.45, 7) is 4.44. The van der Waals surface area contributed by atoms with Crippen LogP contribution in [0.15, 0.2) is 12.4 Å². The second-order valence-electron chi connectivity index (χ2n) is 3.60. The first-order valence-electron chi connectivity index (χ1n) is 5.14. The van der Waals surface area contributed by atoms with Crippen LogP contribution in [0.25, 0.3) is 0 Å². The van der Waals surface area contributed by atoms with Crippen LogP contribution < -0.4 is 5.32 Å². The van der Waals surface area contributed by atoms with Crippen LogP contribution in [-0.2, 0) is 6.42 Å². The predicted octanol–water partition coefficient (Wildman–Crippen LogP) is 2.21. The van der Waals surface area contributed by atoms with Crippen molar-refractivity contribution < 1.29 is 0 Å². The van der Waals surface area contributed by atoms with Crippen LogP contribution in [0.2, 0.25) is 0 Å². The molecule has 5 heteroatoms. The van der Waals surface area contributed by atoms with E-state index in [4.69, 9.17) is 0 Å². The highest BCUT2D eigenvalue weighted by Gasteiger charge is 2.16. The van der Waals surface area contributed by atoms with Gasteiger partial charge in [0.05, 0.1) is 0 Å². The molecule has 0 bridgehead atoms. The van der Waals surface area contributed by atoms with Crippen LogP contribution in [0.4, 0.5) is 0 Å². The first kappa shape index (κ1) is 14.8. The van der Waals surface area contributed by atoms with Gasteiger partial charge in [0.2, 0.25) is 0 Å². The standard InChI is InChI=1S/C10H17N3.2ClH/c1-2-10-12-6-7-13(10)9-4-3-5-11-8-9;;/h6-7,9,11H,2-5,8H2,1H3;2*1H. The minimum atomic E-state index is 0. The molecule has 1 aromatic heterocycles. The number of hydrogen-bond donors (Lipinski definition) is 1. The van der Waals surface area contributed by atoms with Gasteiger partial charge in [0.1, 0.15) is 5.82 Å². The molecule has 88 valence electrons. The van der Waals surface area contributed by atoms with Gasteiger partial charge in [-0.25, -0.2) is 4.98 Å². The number of rotatable bonds is 2. The van der Waals surface area contributed by atoms with Gasteiger partial charge < -0.3 is 9.88 Å². The van der Waals surface area contributed by atoms with Crippen LogP contribution in [0, 0.1) is 0 Å². The van der Waals surface area contributed by atoms with Crippen molar-refractivity contribution in [2.45, 2.75) is 32.2 Å². The molecule has 1 N–H and O–H groups in total. The van der Waals surface area contributed by atoms with Crippen molar-refractivity contribution in [1.82, 2.24) is 14.9 Å². The summed E-state index contributed by atoms with van der Waals surface area (Å²) >= 11 is 0. The van der Waals surface area contributed by atoms with Gasteiger partial charge in [0.25, 0.3) is 0 Å². The second-order valence-corrected chi connectivity index (χ2v) is 3.60. The summed E-state index contributed by atoms with van der Waals surface area (Å²) in [5.41, 5.74) is 0. The molecule has 1 aromatic rings. The molecule has 0 spiro atoms. The third-order valence-corrected chi connectivity index (χ3v) is 2.73. The van der Waals surface area contributed by atoms with Crippen LogP contribution in [0.1, 0.15) is 31.6 Å². The Bertz CT molecular complexity index is 269. The van der Waals surface area contributed by atoms with Crippen molar-refractivity contribution in [3.05, 3.63) is 18.2 Å². The topological polar surface area (TPSA) is 29.9 Å². The highest BCUT2D eigenvalue weighted by atomic mass is 35.5. The normalized spacial score (nSPS) is 20.2. The van der Waals surface area contributed by atoms with Crippen molar-refractivity contribution in [1.29, 1.82) is 0 Å². The molecule has 0 saturated carbocycles. The summed E-state index contributed by atoms with van der Waals surface area (Å²) in [4.78, 5) is 4.35. The average Bonchev–Trinajstić information content (AvgIpc) is 2.67. The number of nitrogens with one attached hydrogen (secondary N) is 1. The zero-order valence-electron chi connectivity index (χ0n) is 8.98. The number of aryl methyl sites for hydroxylation is 1. The molecule has 1 aliphatic heterocycles. The molecule has 2 rings (SSSR count). The Morgan fingerprint density at radius 2 is 2.33 bits per heavy atom. The number of aromatic nitrogens is 2. The van der Waals surface area contributed by atoms with E-state index < -0.39 is 0 Å². The lowest BCUT2D eigenvalue weighted by Crippen LogP contribution is -2.32. The van der Waals surface area contributed by atoms with E-state index in [0.29, 0.717) is 6.04 Å². The molecule has 0 radical (unpaired) electrons. The molecule has 2 heterocycles. The molecule has 1 fully saturated rings. The summed E-state index contributed by atoms with van der Waals surface area (Å²) < 4.78 is 2.33. The summed E-state index contributed by atoms with van der Waals surface area (Å²) in [5, 5.41) is 3.43. The number of halogens is 2. The fraction of sp³-hybridized carbons (Fsp3) is 0.700. The van der Waals surface area contributed by atoms with E-state index in [1.165, 1.54) is 25.2 Å². The number of imidazole rings is 1. The van der Waals surface area contributed by atoms with Crippen LogP contribution in [0.3, 0.4) is 0 Å². The molecular formula is C10H19Cl2N3. The van der Waals surface area contributed by atoms with Gasteiger partial charge in [-0.15, -0.1) is 24.8 Å². The molecule has 1 aliphatic rings. The third-order valence-electron chi connectivity index (χ3n) is 2.73. The van der Waals surface area contributed by atoms with Crippen molar-refractivity contribution in [3.63, 3.8) is 0 Å². The first-order valence-corrected chi connectivity index (χ1v) is 5.14. The Kier molecular flexibility index (Phi) is 6.98. The molecule has 1 atom stereocenters. The maximum Gasteiger partial charge on any atom is 0.108 e. The zero-order chi connectivity index (χ0) is 9.10. The molecule has 0 aliphatic carbocycles. The third kappa shape index (κ3) is 3.37. The highest BCUT2D eigenvalue weighted by molar-refractivity contribution is 5.85. The second kappa shape index (κ2) is 7.09. The van der Waals surface area contributed by atoms with Crippen molar-refractivity contribution in [2.24, 2.45) is 0 Å². The molecule has 0 aromatic carbocycles. The molecule has 15 heavy (non-hydrogen) atoms. The maximum atomic E-state index is 4.35. The Labute approximate surface area is 103 Å². The first-order chi connectivity index (χ1) is 6.42. The highest BCUT2D eigenvalue weighted by Crippen LogP contribution is 2.18. The Morgan fingerprint density at radius 1 is 1.53 bits per heavy atom. The molecule has 3 nitrogen and oxygen atoms in total. The van der Waals surface area contributed by atoms with E-state index in [-0.39, 0.29) is 24.8 Å². The Hall–Kier alpha value is -0.250. The predicted molar refractivity (Wildman–Crippen MR) is 67.2 cm³/mol. The summed E-state index contributed by atoms with van der Waals surface area (Å²) in [5.74, 6) is 1.22. The van der Waals surface area contributed by atoms with Gasteiger partial charge in [-0.2, -0.15) is 0 Å². The van der Waals surface area contributed by atoms with Crippen LogP contribution in [0.5, 0.6) is 0 Å². The van der Waals surface area contributed by atoms with Gasteiger partial charge in [0.15, 0.2) is 0 Å². The van der Waals surface area contributed by atoms with Gasteiger partial charge in [-0.3, -0.25) is 0 Å². The lowest BCUT2D eigenvalue weighted by Gasteiger charge is -2.25. The van der Waals surface area contributed by atoms with E-state index in [1.54, 1.807) is 0 Å². The number of nitrogens with zero attached hydrogens (tertiary/aromatic N) is 2. The van der Waals surface area contributed by atoms with Crippen LogP contribution in [-0.4, -0.2) is 22.6 Å². The van der Waals surface area contributed by atoms with Gasteiger partial charge in [-0.05, 0) is 19.4 Å². The largest absolute Gasteiger partial charge is 0.331 e. The fourth-order valence-corrected chi connectivity index (χ4v) is 2.02. The lowest BCUT2D eigenvalue weighted by molar-refractivity contribution is 0.364. The van der Waals surface area contributed by atoms with Gasteiger partial charge >= 0.3 is 0 Å². The fourth-order valence-electron chi connectivity index (χ4n) is 2.02. The molecule has 0 amide bonds. The Morgan fingerprint density at radius 3 is 2.93 bits per heavy atom. The minimum Gasteiger partial charge on any atom is -0.331 e. The number of piperidine rings is 1. The van der Waals surface area contributed by atoms with E-state index in [1.807, 2.05) is 6.20 Å². The molecule has 1 saturated heterocycles. The Balaban J connectivity index is 0.000000980. The van der Waals surface area contributed by atoms with Gasteiger partial charge in [0, 0.05) is 31.4 Å². The van der Waals surface area contributed by atoms with E-state index in [0.717, 1.165) is 13.0 Å². The molecular weight excluding hydrogens is 233 g/mol. The van der Waals surface area contributed by atoms with Crippen molar-refractivity contribution in [2.75, 3.05) is 13.1 Å². The zero-order valence-corrected chi connectivity index (χ0v) is 10.6. The SMILES string of the molecule is CCc1nccn1C1CCCNC1.Cl.Cl. The van der Waals surface area contributed by atoms with Crippen LogP contribution >= 0.6 is 24.8 Å². The monoisotopic (exact) mass is 251 g/mol. The lowest BCUT2D eigenvalue weighted by atomic mass is 10.1. The van der Waals surface area contributed by atoms with E-state index in [9.17, 15) is 0 Å².